The average molecular weight is 226 g/mol. The molecule has 1 aliphatic rings. The summed E-state index contributed by atoms with van der Waals surface area (Å²) in [6, 6.07) is 4.14. The zero-order valence-electron chi connectivity index (χ0n) is 8.89. The number of aliphatic hydroxyl groups is 1. The van der Waals surface area contributed by atoms with Crippen molar-refractivity contribution in [2.24, 2.45) is 5.92 Å². The van der Waals surface area contributed by atoms with Crippen LogP contribution in [-0.2, 0) is 11.2 Å². The molecule has 1 N–H and O–H groups in total. The molecule has 0 bridgehead atoms. The number of rotatable bonds is 4. The molecule has 2 nitrogen and oxygen atoms in total. The lowest BCUT2D eigenvalue weighted by atomic mass is 9.92. The molecule has 1 aliphatic heterocycles. The summed E-state index contributed by atoms with van der Waals surface area (Å²) < 4.78 is 5.31. The van der Waals surface area contributed by atoms with Crippen LogP contribution in [0, 0.1) is 5.92 Å². The molecule has 1 unspecified atom stereocenters. The van der Waals surface area contributed by atoms with Crippen LogP contribution in [-0.4, -0.2) is 24.4 Å². The first-order valence-corrected chi connectivity index (χ1v) is 6.51. The molecule has 1 saturated heterocycles. The highest BCUT2D eigenvalue weighted by Crippen LogP contribution is 2.22. The van der Waals surface area contributed by atoms with Gasteiger partial charge in [0.05, 0.1) is 6.10 Å². The van der Waals surface area contributed by atoms with Crippen LogP contribution >= 0.6 is 11.3 Å². The number of hydrogen-bond acceptors (Lipinski definition) is 3. The molecule has 1 aromatic heterocycles. The van der Waals surface area contributed by atoms with Crippen LogP contribution in [0.15, 0.2) is 17.5 Å². The second kappa shape index (κ2) is 5.64. The van der Waals surface area contributed by atoms with Gasteiger partial charge in [0, 0.05) is 24.5 Å². The third kappa shape index (κ3) is 3.59. The maximum atomic E-state index is 9.94. The van der Waals surface area contributed by atoms with Gasteiger partial charge in [-0.05, 0) is 36.6 Å². The molecule has 0 saturated carbocycles. The van der Waals surface area contributed by atoms with Crippen molar-refractivity contribution in [3.05, 3.63) is 22.4 Å². The fourth-order valence-corrected chi connectivity index (χ4v) is 2.89. The first-order chi connectivity index (χ1) is 7.34. The minimum absolute atomic E-state index is 0.174. The molecule has 1 atom stereocenters. The quantitative estimate of drug-likeness (QED) is 0.854. The van der Waals surface area contributed by atoms with Crippen molar-refractivity contribution in [1.29, 1.82) is 0 Å². The monoisotopic (exact) mass is 226 g/mol. The minimum Gasteiger partial charge on any atom is -0.393 e. The molecule has 0 spiro atoms. The molecule has 84 valence electrons. The van der Waals surface area contributed by atoms with Gasteiger partial charge in [-0.3, -0.25) is 0 Å². The maximum Gasteiger partial charge on any atom is 0.0591 e. The average Bonchev–Trinajstić information content (AvgIpc) is 2.71. The van der Waals surface area contributed by atoms with Gasteiger partial charge >= 0.3 is 0 Å². The molecule has 0 radical (unpaired) electrons. The summed E-state index contributed by atoms with van der Waals surface area (Å²) in [6.07, 6.45) is 3.80. The van der Waals surface area contributed by atoms with Gasteiger partial charge in [0.25, 0.3) is 0 Å². The van der Waals surface area contributed by atoms with Crippen LogP contribution in [0.4, 0.5) is 0 Å². The fraction of sp³-hybridized carbons (Fsp3) is 0.667. The highest BCUT2D eigenvalue weighted by atomic mass is 32.1. The minimum atomic E-state index is -0.174. The summed E-state index contributed by atoms with van der Waals surface area (Å²) in [6.45, 7) is 1.74. The van der Waals surface area contributed by atoms with E-state index in [4.69, 9.17) is 4.74 Å². The third-order valence-electron chi connectivity index (χ3n) is 2.96. The zero-order chi connectivity index (χ0) is 10.5. The number of aliphatic hydroxyl groups excluding tert-OH is 1. The second-order valence-electron chi connectivity index (χ2n) is 4.23. The molecular formula is C12H18O2S. The van der Waals surface area contributed by atoms with E-state index in [1.807, 2.05) is 6.07 Å². The highest BCUT2D eigenvalue weighted by Gasteiger charge is 2.18. The van der Waals surface area contributed by atoms with Crippen molar-refractivity contribution >= 4 is 11.3 Å². The van der Waals surface area contributed by atoms with Crippen LogP contribution in [0.1, 0.15) is 24.1 Å². The van der Waals surface area contributed by atoms with E-state index >= 15 is 0 Å². The van der Waals surface area contributed by atoms with Gasteiger partial charge in [0.15, 0.2) is 0 Å². The maximum absolute atomic E-state index is 9.94. The Morgan fingerprint density at radius 3 is 2.93 bits per heavy atom. The molecular weight excluding hydrogens is 208 g/mol. The smallest absolute Gasteiger partial charge is 0.0591 e. The van der Waals surface area contributed by atoms with Gasteiger partial charge in [-0.1, -0.05) is 6.07 Å². The molecule has 2 heterocycles. The Kier molecular flexibility index (Phi) is 4.18. The van der Waals surface area contributed by atoms with E-state index in [9.17, 15) is 5.11 Å². The van der Waals surface area contributed by atoms with Crippen molar-refractivity contribution < 1.29 is 9.84 Å². The van der Waals surface area contributed by atoms with Crippen LogP contribution < -0.4 is 0 Å². The van der Waals surface area contributed by atoms with Crippen molar-refractivity contribution in [3.8, 4) is 0 Å². The summed E-state index contributed by atoms with van der Waals surface area (Å²) >= 11 is 1.73. The lowest BCUT2D eigenvalue weighted by Gasteiger charge is -2.24. The SMILES string of the molecule is OC(Cc1cccs1)CC1CCOCC1. The Balaban J connectivity index is 1.74. The number of ether oxygens (including phenoxy) is 1. The van der Waals surface area contributed by atoms with Gasteiger partial charge in [-0.15, -0.1) is 11.3 Å². The van der Waals surface area contributed by atoms with Crippen molar-refractivity contribution in [3.63, 3.8) is 0 Å². The van der Waals surface area contributed by atoms with Crippen LogP contribution in [0.3, 0.4) is 0 Å². The summed E-state index contributed by atoms with van der Waals surface area (Å²) in [5.74, 6) is 0.661. The predicted octanol–water partition coefficient (Wildman–Crippen LogP) is 2.47. The third-order valence-corrected chi connectivity index (χ3v) is 3.86. The predicted molar refractivity (Wildman–Crippen MR) is 62.2 cm³/mol. The van der Waals surface area contributed by atoms with E-state index in [0.29, 0.717) is 5.92 Å². The Hall–Kier alpha value is -0.380. The van der Waals surface area contributed by atoms with Crippen LogP contribution in [0.2, 0.25) is 0 Å². The highest BCUT2D eigenvalue weighted by molar-refractivity contribution is 7.09. The van der Waals surface area contributed by atoms with Crippen molar-refractivity contribution in [2.75, 3.05) is 13.2 Å². The van der Waals surface area contributed by atoms with Gasteiger partial charge < -0.3 is 9.84 Å². The van der Waals surface area contributed by atoms with Crippen molar-refractivity contribution in [2.45, 2.75) is 31.8 Å². The summed E-state index contributed by atoms with van der Waals surface area (Å²) in [4.78, 5) is 1.29. The Morgan fingerprint density at radius 1 is 1.47 bits per heavy atom. The summed E-state index contributed by atoms with van der Waals surface area (Å²) in [5, 5.41) is 12.0. The summed E-state index contributed by atoms with van der Waals surface area (Å²) in [7, 11) is 0. The van der Waals surface area contributed by atoms with Crippen molar-refractivity contribution in [1.82, 2.24) is 0 Å². The first-order valence-electron chi connectivity index (χ1n) is 5.63. The second-order valence-corrected chi connectivity index (χ2v) is 5.26. The molecule has 1 fully saturated rings. The van der Waals surface area contributed by atoms with E-state index in [0.717, 1.165) is 38.9 Å². The lowest BCUT2D eigenvalue weighted by molar-refractivity contribution is 0.0440. The van der Waals surface area contributed by atoms with E-state index in [2.05, 4.69) is 11.4 Å². The van der Waals surface area contributed by atoms with Gasteiger partial charge in [-0.2, -0.15) is 0 Å². The van der Waals surface area contributed by atoms with Crippen LogP contribution in [0.25, 0.3) is 0 Å². The Bertz CT molecular complexity index is 265. The molecule has 0 aliphatic carbocycles. The van der Waals surface area contributed by atoms with E-state index < -0.39 is 0 Å². The van der Waals surface area contributed by atoms with E-state index in [1.165, 1.54) is 4.88 Å². The van der Waals surface area contributed by atoms with Gasteiger partial charge in [0.1, 0.15) is 0 Å². The normalized spacial score (nSPS) is 20.3. The van der Waals surface area contributed by atoms with Gasteiger partial charge in [0.2, 0.25) is 0 Å². The topological polar surface area (TPSA) is 29.5 Å². The molecule has 2 rings (SSSR count). The summed E-state index contributed by atoms with van der Waals surface area (Å²) in [5.41, 5.74) is 0. The fourth-order valence-electron chi connectivity index (χ4n) is 2.11. The standard InChI is InChI=1S/C12H18O2S/c13-11(9-12-2-1-7-15-12)8-10-3-5-14-6-4-10/h1-2,7,10-11,13H,3-6,8-9H2. The lowest BCUT2D eigenvalue weighted by Crippen LogP contribution is -2.22. The van der Waals surface area contributed by atoms with Crippen LogP contribution in [0.5, 0.6) is 0 Å². The van der Waals surface area contributed by atoms with E-state index in [-0.39, 0.29) is 6.10 Å². The van der Waals surface area contributed by atoms with E-state index in [1.54, 1.807) is 11.3 Å². The van der Waals surface area contributed by atoms with Gasteiger partial charge in [-0.25, -0.2) is 0 Å². The Labute approximate surface area is 94.9 Å². The number of thiophene rings is 1. The molecule has 0 aromatic carbocycles. The zero-order valence-corrected chi connectivity index (χ0v) is 9.71. The molecule has 1 aromatic rings. The Morgan fingerprint density at radius 2 is 2.27 bits per heavy atom. The first kappa shape index (κ1) is 11.1. The molecule has 3 heteroatoms. The molecule has 15 heavy (non-hydrogen) atoms. The largest absolute Gasteiger partial charge is 0.393 e. The number of hydrogen-bond donors (Lipinski definition) is 1. The molecule has 0 amide bonds.